The fourth-order valence-corrected chi connectivity index (χ4v) is 8.75. The van der Waals surface area contributed by atoms with Crippen LogP contribution in [0.5, 0.6) is 0 Å². The standard InChI is InChI=1S/C29H27N2OS2.C15H28O2.Ir/c1-15(2)11-21-16(3)23-20(32-21)7-8-22-24(23)25-26(30-14-31-28(25)34-22)18-12-17-9-10-33-27(17)19(13-18)29(4,5)6;1-7-14(5,8-2)12(16)11-13(17)15(6,9-3)10-4;/h7-10,13-15H,11H2,1-6H3;11,16H,7-10H2,1-6H3;/q-1;;/b;12-11-;. The molecule has 2 aromatic carbocycles. The Labute approximate surface area is 331 Å². The Balaban J connectivity index is 0.000000289. The van der Waals surface area contributed by atoms with Crippen molar-refractivity contribution < 1.29 is 34.4 Å². The third-order valence-corrected chi connectivity index (χ3v) is 13.2. The molecule has 0 amide bonds. The first-order chi connectivity index (χ1) is 24.0. The minimum Gasteiger partial charge on any atom is -0.512 e. The number of allylic oxidation sites excluding steroid dienone is 2. The first-order valence-corrected chi connectivity index (χ1v) is 20.2. The zero-order chi connectivity index (χ0) is 37.5. The maximum atomic E-state index is 12.2. The van der Waals surface area contributed by atoms with E-state index in [9.17, 15) is 9.90 Å². The zero-order valence-electron chi connectivity index (χ0n) is 33.0. The molecule has 0 saturated heterocycles. The van der Waals surface area contributed by atoms with Gasteiger partial charge in [0.2, 0.25) is 0 Å². The molecule has 0 bridgehead atoms. The van der Waals surface area contributed by atoms with Gasteiger partial charge in [-0.25, -0.2) is 4.98 Å². The third-order valence-electron chi connectivity index (χ3n) is 11.2. The van der Waals surface area contributed by atoms with Gasteiger partial charge < -0.3 is 9.52 Å². The van der Waals surface area contributed by atoms with Crippen molar-refractivity contribution in [3.63, 3.8) is 0 Å². The number of benzene rings is 2. The normalized spacial score (nSPS) is 12.9. The van der Waals surface area contributed by atoms with Gasteiger partial charge in [-0.3, -0.25) is 9.78 Å². The number of hydrogen-bond acceptors (Lipinski definition) is 7. The second-order valence-corrected chi connectivity index (χ2v) is 18.0. The molecule has 281 valence electrons. The number of aliphatic hydroxyl groups is 1. The summed E-state index contributed by atoms with van der Waals surface area (Å²) in [4.78, 5) is 22.7. The quantitative estimate of drug-likeness (QED) is 0.0842. The Hall–Kier alpha value is -2.90. The SMILES string of the molecule is CCC(C)(CC)C(=O)/C=C(\O)C(C)(CC)CC.Cc1c(CC(C)C)oc2ccc3sc4ncnc(-c5[c-]c6ccsc6c(C(C)(C)C)c5)c4c3c12.[Ir]. The number of carbonyl (C=O) groups is 1. The summed E-state index contributed by atoms with van der Waals surface area (Å²) in [5, 5.41) is 17.0. The summed E-state index contributed by atoms with van der Waals surface area (Å²) >= 11 is 3.52. The number of ketones is 1. The topological polar surface area (TPSA) is 76.2 Å². The molecule has 4 aromatic heterocycles. The van der Waals surface area contributed by atoms with E-state index in [2.05, 4.69) is 82.2 Å². The molecular weight excluding hydrogens is 861 g/mol. The molecule has 0 spiro atoms. The zero-order valence-corrected chi connectivity index (χ0v) is 37.0. The van der Waals surface area contributed by atoms with Crippen LogP contribution in [0.25, 0.3) is 52.6 Å². The van der Waals surface area contributed by atoms with Gasteiger partial charge in [0.1, 0.15) is 28.3 Å². The van der Waals surface area contributed by atoms with Crippen molar-refractivity contribution >= 4 is 69.8 Å². The van der Waals surface area contributed by atoms with E-state index in [1.54, 1.807) is 29.0 Å². The summed E-state index contributed by atoms with van der Waals surface area (Å²) in [7, 11) is 0. The number of aromatic nitrogens is 2. The van der Waals surface area contributed by atoms with Crippen LogP contribution in [0.15, 0.2) is 52.2 Å². The first kappa shape index (κ1) is 41.8. The fraction of sp³-hybridized carbons (Fsp3) is 0.477. The summed E-state index contributed by atoms with van der Waals surface area (Å²) in [5.41, 5.74) is 4.92. The molecule has 8 heteroatoms. The Morgan fingerprint density at radius 2 is 1.60 bits per heavy atom. The molecular formula is C44H55IrN2O3S2-. The smallest absolute Gasteiger partial charge is 0.164 e. The molecule has 5 nitrogen and oxygen atoms in total. The van der Waals surface area contributed by atoms with E-state index in [-0.39, 0.29) is 47.9 Å². The first-order valence-electron chi connectivity index (χ1n) is 18.5. The number of rotatable bonds is 10. The number of furan rings is 1. The summed E-state index contributed by atoms with van der Waals surface area (Å²) < 4.78 is 8.88. The molecule has 52 heavy (non-hydrogen) atoms. The fourth-order valence-electron chi connectivity index (χ4n) is 6.63. The minimum atomic E-state index is -0.337. The summed E-state index contributed by atoms with van der Waals surface area (Å²) in [6.07, 6.45) is 7.38. The van der Waals surface area contributed by atoms with Crippen molar-refractivity contribution in [3.8, 4) is 11.3 Å². The number of aliphatic hydroxyl groups excluding tert-OH is 1. The summed E-state index contributed by atoms with van der Waals surface area (Å²) in [6, 6.07) is 12.4. The van der Waals surface area contributed by atoms with Gasteiger partial charge in [0.05, 0.1) is 0 Å². The minimum absolute atomic E-state index is 0. The maximum absolute atomic E-state index is 12.2. The van der Waals surface area contributed by atoms with E-state index in [0.717, 1.165) is 70.3 Å². The second-order valence-electron chi connectivity index (χ2n) is 16.0. The van der Waals surface area contributed by atoms with Crippen LogP contribution in [-0.2, 0) is 36.7 Å². The number of aryl methyl sites for hydroxylation is 1. The van der Waals surface area contributed by atoms with Crippen molar-refractivity contribution in [1.82, 2.24) is 9.97 Å². The van der Waals surface area contributed by atoms with Crippen LogP contribution < -0.4 is 0 Å². The largest absolute Gasteiger partial charge is 0.512 e. The van der Waals surface area contributed by atoms with Gasteiger partial charge in [-0.2, -0.15) is 11.3 Å². The predicted molar refractivity (Wildman–Crippen MR) is 219 cm³/mol. The molecule has 0 saturated carbocycles. The monoisotopic (exact) mass is 916 g/mol. The Morgan fingerprint density at radius 3 is 2.19 bits per heavy atom. The molecule has 0 unspecified atom stereocenters. The van der Waals surface area contributed by atoms with Crippen LogP contribution in [0.3, 0.4) is 0 Å². The van der Waals surface area contributed by atoms with Gasteiger partial charge in [-0.05, 0) is 71.7 Å². The Bertz CT molecular complexity index is 2220. The molecule has 0 aliphatic heterocycles. The van der Waals surface area contributed by atoms with Crippen molar-refractivity contribution in [1.29, 1.82) is 0 Å². The molecule has 0 aliphatic carbocycles. The summed E-state index contributed by atoms with van der Waals surface area (Å²) in [5.74, 6) is 1.90. The van der Waals surface area contributed by atoms with Crippen LogP contribution in [0.4, 0.5) is 0 Å². The van der Waals surface area contributed by atoms with E-state index < -0.39 is 0 Å². The van der Waals surface area contributed by atoms with Crippen molar-refractivity contribution in [3.05, 3.63) is 70.8 Å². The number of fused-ring (bicyclic) bond motifs is 6. The molecule has 0 atom stereocenters. The predicted octanol–water partition coefficient (Wildman–Crippen LogP) is 13.7. The number of thiophene rings is 2. The molecule has 6 aromatic rings. The van der Waals surface area contributed by atoms with Crippen LogP contribution in [0, 0.1) is 29.7 Å². The van der Waals surface area contributed by atoms with E-state index in [4.69, 9.17) is 9.40 Å². The molecule has 6 rings (SSSR count). The molecule has 1 N–H and O–H groups in total. The molecule has 0 fully saturated rings. The number of hydrogen-bond donors (Lipinski definition) is 1. The maximum Gasteiger partial charge on any atom is 0.164 e. The van der Waals surface area contributed by atoms with Gasteiger partial charge in [-0.15, -0.1) is 34.9 Å². The van der Waals surface area contributed by atoms with Gasteiger partial charge >= 0.3 is 0 Å². The van der Waals surface area contributed by atoms with Gasteiger partial charge in [0.15, 0.2) is 5.78 Å². The Kier molecular flexibility index (Phi) is 13.1. The van der Waals surface area contributed by atoms with Crippen LogP contribution in [0.1, 0.15) is 119 Å². The van der Waals surface area contributed by atoms with Gasteiger partial charge in [0.25, 0.3) is 0 Å². The van der Waals surface area contributed by atoms with Crippen molar-refractivity contribution in [2.75, 3.05) is 0 Å². The molecule has 0 aliphatic rings. The summed E-state index contributed by atoms with van der Waals surface area (Å²) in [6.45, 7) is 25.6. The van der Waals surface area contributed by atoms with Gasteiger partial charge in [-0.1, -0.05) is 87.3 Å². The molecule has 1 radical (unpaired) electrons. The van der Waals surface area contributed by atoms with Crippen LogP contribution >= 0.6 is 22.7 Å². The Morgan fingerprint density at radius 1 is 0.942 bits per heavy atom. The second kappa shape index (κ2) is 16.2. The average Bonchev–Trinajstić information content (AvgIpc) is 3.81. The van der Waals surface area contributed by atoms with E-state index in [1.807, 2.05) is 41.5 Å². The average molecular weight is 916 g/mol. The van der Waals surface area contributed by atoms with Crippen LogP contribution in [-0.4, -0.2) is 20.9 Å². The molecule has 4 heterocycles. The van der Waals surface area contributed by atoms with E-state index >= 15 is 0 Å². The number of nitrogens with zero attached hydrogens (tertiary/aromatic N) is 2. The van der Waals surface area contributed by atoms with Crippen molar-refractivity contribution in [2.45, 2.75) is 121 Å². The van der Waals surface area contributed by atoms with E-state index in [0.29, 0.717) is 5.92 Å². The van der Waals surface area contributed by atoms with Crippen LogP contribution in [0.2, 0.25) is 0 Å². The number of carbonyl (C=O) groups excluding carboxylic acids is 1. The van der Waals surface area contributed by atoms with Gasteiger partial charge in [0, 0.05) is 70.0 Å². The van der Waals surface area contributed by atoms with E-state index in [1.165, 1.54) is 37.4 Å². The van der Waals surface area contributed by atoms with Crippen molar-refractivity contribution in [2.24, 2.45) is 16.7 Å². The third kappa shape index (κ3) is 7.97.